The van der Waals surface area contributed by atoms with Gasteiger partial charge in [-0.1, -0.05) is 36.4 Å². The fourth-order valence-electron chi connectivity index (χ4n) is 3.93. The first-order chi connectivity index (χ1) is 15.9. The number of rotatable bonds is 4. The second-order valence-electron chi connectivity index (χ2n) is 7.72. The van der Waals surface area contributed by atoms with Gasteiger partial charge in [0.2, 0.25) is 0 Å². The molecule has 178 valence electrons. The lowest BCUT2D eigenvalue weighted by Crippen LogP contribution is -2.53. The highest BCUT2D eigenvalue weighted by molar-refractivity contribution is 6.05. The predicted molar refractivity (Wildman–Crippen MR) is 114 cm³/mol. The third kappa shape index (κ3) is 3.67. The molecule has 0 saturated heterocycles. The molecule has 1 N–H and O–H groups in total. The van der Waals surface area contributed by atoms with Crippen molar-refractivity contribution in [2.45, 2.75) is 24.5 Å². The molecule has 0 aliphatic heterocycles. The third-order valence-corrected chi connectivity index (χ3v) is 5.72. The molecule has 1 heterocycles. The van der Waals surface area contributed by atoms with Gasteiger partial charge in [-0.25, -0.2) is 0 Å². The summed E-state index contributed by atoms with van der Waals surface area (Å²) in [5, 5.41) is 10.1. The van der Waals surface area contributed by atoms with Crippen molar-refractivity contribution >= 4 is 21.7 Å². The number of pyridine rings is 1. The van der Waals surface area contributed by atoms with E-state index in [1.54, 1.807) is 30.3 Å². The Morgan fingerprint density at radius 2 is 1.41 bits per heavy atom. The topological polar surface area (TPSA) is 51.5 Å². The average Bonchev–Trinajstić information content (AvgIpc) is 2.80. The Balaban J connectivity index is 2.01. The monoisotopic (exact) mass is 481 g/mol. The Bertz CT molecular complexity index is 1410. The summed E-state index contributed by atoms with van der Waals surface area (Å²) in [6.45, 7) is 0.00627. The quantitative estimate of drug-likeness (QED) is 0.308. The number of alkyl halides is 6. The lowest BCUT2D eigenvalue weighted by Gasteiger charge is -2.33. The highest BCUT2D eigenvalue weighted by Gasteiger charge is 2.71. The number of aromatic nitrogens is 1. The van der Waals surface area contributed by atoms with Crippen molar-refractivity contribution in [2.24, 2.45) is 0 Å². The van der Waals surface area contributed by atoms with Crippen molar-refractivity contribution in [1.29, 1.82) is 0 Å². The van der Waals surface area contributed by atoms with E-state index in [0.29, 0.717) is 23.4 Å². The van der Waals surface area contributed by atoms with Crippen LogP contribution in [0.5, 0.6) is 5.75 Å². The standard InChI is InChI=1S/C24H17F6NO3/c1-34-16-9-6-14(7-10-16)13-31-20-11-8-15(22(33,23(25,26)27)24(28,29)30)12-19(20)17-4-2-3-5-18(17)21(31)32/h2-12,33H,13H2,1H3. The van der Waals surface area contributed by atoms with E-state index in [1.165, 1.54) is 29.9 Å². The minimum atomic E-state index is -6.02. The van der Waals surface area contributed by atoms with Crippen molar-refractivity contribution in [3.05, 3.63) is 88.2 Å². The van der Waals surface area contributed by atoms with Gasteiger partial charge in [-0.3, -0.25) is 4.79 Å². The molecule has 1 aromatic heterocycles. The van der Waals surface area contributed by atoms with E-state index >= 15 is 0 Å². The van der Waals surface area contributed by atoms with Crippen LogP contribution in [0.4, 0.5) is 26.3 Å². The molecule has 0 radical (unpaired) electrons. The van der Waals surface area contributed by atoms with Crippen LogP contribution in [0.2, 0.25) is 0 Å². The Hall–Kier alpha value is -3.53. The van der Waals surface area contributed by atoms with Crippen LogP contribution in [0.15, 0.2) is 71.5 Å². The van der Waals surface area contributed by atoms with Gasteiger partial charge in [-0.05, 0) is 41.3 Å². The van der Waals surface area contributed by atoms with Gasteiger partial charge in [0.25, 0.3) is 11.2 Å². The highest BCUT2D eigenvalue weighted by Crippen LogP contribution is 2.50. The molecule has 4 rings (SSSR count). The van der Waals surface area contributed by atoms with E-state index in [2.05, 4.69) is 0 Å². The zero-order chi connectivity index (χ0) is 24.9. The largest absolute Gasteiger partial charge is 0.497 e. The molecule has 0 unspecified atom stereocenters. The molecule has 0 bridgehead atoms. The highest BCUT2D eigenvalue weighted by atomic mass is 19.4. The minimum Gasteiger partial charge on any atom is -0.497 e. The molecule has 0 amide bonds. The van der Waals surface area contributed by atoms with Crippen LogP contribution >= 0.6 is 0 Å². The fourth-order valence-corrected chi connectivity index (χ4v) is 3.93. The summed E-state index contributed by atoms with van der Waals surface area (Å²) < 4.78 is 87.1. The predicted octanol–water partition coefficient (Wildman–Crippen LogP) is 5.52. The number of methoxy groups -OCH3 is 1. The number of aliphatic hydroxyl groups is 1. The summed E-state index contributed by atoms with van der Waals surface area (Å²) in [6, 6.07) is 14.8. The Labute approximate surface area is 188 Å². The number of nitrogens with zero attached hydrogens (tertiary/aromatic N) is 1. The first kappa shape index (κ1) is 23.6. The second kappa shape index (κ2) is 8.05. The molecule has 0 aliphatic carbocycles. The SMILES string of the molecule is COc1ccc(Cn2c(=O)c3ccccc3c3cc(C(O)(C(F)(F)F)C(F)(F)F)ccc32)cc1. The molecule has 0 aliphatic rings. The molecule has 0 saturated carbocycles. The van der Waals surface area contributed by atoms with Gasteiger partial charge in [0.15, 0.2) is 0 Å². The Morgan fingerprint density at radius 3 is 1.97 bits per heavy atom. The van der Waals surface area contributed by atoms with Crippen LogP contribution in [-0.4, -0.2) is 29.1 Å². The summed E-state index contributed by atoms with van der Waals surface area (Å²) in [5.74, 6) is 0.572. The van der Waals surface area contributed by atoms with Gasteiger partial charge in [-0.2, -0.15) is 26.3 Å². The molecule has 0 spiro atoms. The lowest BCUT2D eigenvalue weighted by molar-refractivity contribution is -0.376. The maximum Gasteiger partial charge on any atom is 0.430 e. The molecule has 0 atom stereocenters. The van der Waals surface area contributed by atoms with Crippen molar-refractivity contribution in [3.8, 4) is 5.75 Å². The first-order valence-electron chi connectivity index (χ1n) is 9.93. The minimum absolute atomic E-state index is 0.00627. The van der Waals surface area contributed by atoms with Gasteiger partial charge < -0.3 is 14.4 Å². The number of hydrogen-bond acceptors (Lipinski definition) is 3. The number of halogens is 6. The molecule has 4 nitrogen and oxygen atoms in total. The molecule has 0 fully saturated rings. The summed E-state index contributed by atoms with van der Waals surface area (Å²) >= 11 is 0. The van der Waals surface area contributed by atoms with Gasteiger partial charge in [0.1, 0.15) is 5.75 Å². The number of hydrogen-bond donors (Lipinski definition) is 1. The van der Waals surface area contributed by atoms with Gasteiger partial charge in [-0.15, -0.1) is 0 Å². The van der Waals surface area contributed by atoms with Crippen LogP contribution in [0.25, 0.3) is 21.7 Å². The number of ether oxygens (including phenoxy) is 1. The Morgan fingerprint density at radius 1 is 0.824 bits per heavy atom. The zero-order valence-electron chi connectivity index (χ0n) is 17.5. The van der Waals surface area contributed by atoms with E-state index in [4.69, 9.17) is 4.74 Å². The van der Waals surface area contributed by atoms with Crippen molar-refractivity contribution in [2.75, 3.05) is 7.11 Å². The maximum absolute atomic E-state index is 13.5. The van der Waals surface area contributed by atoms with E-state index in [1.807, 2.05) is 0 Å². The normalized spacial score (nSPS) is 12.9. The molecule has 4 aromatic rings. The van der Waals surface area contributed by atoms with Crippen LogP contribution in [-0.2, 0) is 12.1 Å². The molecular weight excluding hydrogens is 464 g/mol. The van der Waals surface area contributed by atoms with E-state index in [0.717, 1.165) is 6.07 Å². The maximum atomic E-state index is 13.5. The van der Waals surface area contributed by atoms with Gasteiger partial charge >= 0.3 is 12.4 Å². The molecule has 3 aromatic carbocycles. The summed E-state index contributed by atoms with van der Waals surface area (Å²) in [4.78, 5) is 13.2. The van der Waals surface area contributed by atoms with Crippen LogP contribution in [0, 0.1) is 0 Å². The summed E-state index contributed by atoms with van der Waals surface area (Å²) in [5.41, 5.74) is -6.15. The lowest BCUT2D eigenvalue weighted by atomic mass is 9.90. The first-order valence-corrected chi connectivity index (χ1v) is 9.93. The third-order valence-electron chi connectivity index (χ3n) is 5.72. The average molecular weight is 481 g/mol. The van der Waals surface area contributed by atoms with Gasteiger partial charge in [0, 0.05) is 16.3 Å². The molecular formula is C24H17F6NO3. The number of fused-ring (bicyclic) bond motifs is 3. The van der Waals surface area contributed by atoms with Gasteiger partial charge in [0.05, 0.1) is 19.2 Å². The van der Waals surface area contributed by atoms with Crippen molar-refractivity contribution in [3.63, 3.8) is 0 Å². The number of benzene rings is 3. The summed E-state index contributed by atoms with van der Waals surface area (Å²) in [6.07, 6.45) is -12.0. The van der Waals surface area contributed by atoms with Crippen LogP contribution in [0.1, 0.15) is 11.1 Å². The second-order valence-corrected chi connectivity index (χ2v) is 7.72. The van der Waals surface area contributed by atoms with Crippen LogP contribution in [0.3, 0.4) is 0 Å². The van der Waals surface area contributed by atoms with E-state index in [-0.39, 0.29) is 28.2 Å². The van der Waals surface area contributed by atoms with Crippen LogP contribution < -0.4 is 10.3 Å². The summed E-state index contributed by atoms with van der Waals surface area (Å²) in [7, 11) is 1.48. The van der Waals surface area contributed by atoms with Crippen molar-refractivity contribution in [1.82, 2.24) is 4.57 Å². The van der Waals surface area contributed by atoms with E-state index in [9.17, 15) is 36.2 Å². The smallest absolute Gasteiger partial charge is 0.430 e. The molecule has 10 heteroatoms. The fraction of sp³-hybridized carbons (Fsp3) is 0.208. The Kier molecular flexibility index (Phi) is 5.59. The zero-order valence-corrected chi connectivity index (χ0v) is 17.5. The molecule has 34 heavy (non-hydrogen) atoms. The van der Waals surface area contributed by atoms with Crippen molar-refractivity contribution < 1.29 is 36.2 Å². The van der Waals surface area contributed by atoms with E-state index < -0.39 is 29.1 Å².